The monoisotopic (exact) mass is 444 g/mol. The van der Waals surface area contributed by atoms with E-state index in [0.717, 1.165) is 36.8 Å². The van der Waals surface area contributed by atoms with E-state index in [-0.39, 0.29) is 5.91 Å². The number of methoxy groups -OCH3 is 1. The van der Waals surface area contributed by atoms with E-state index in [2.05, 4.69) is 48.9 Å². The lowest BCUT2D eigenvalue weighted by atomic mass is 9.97. The highest BCUT2D eigenvalue weighted by Crippen LogP contribution is 2.27. The molecule has 1 aliphatic heterocycles. The number of hydrogen-bond donors (Lipinski definition) is 0. The Balaban J connectivity index is 1.56. The Morgan fingerprint density at radius 2 is 1.70 bits per heavy atom. The molecule has 1 aliphatic rings. The number of amides is 1. The van der Waals surface area contributed by atoms with Crippen LogP contribution in [0.1, 0.15) is 44.1 Å². The number of aromatic nitrogens is 2. The number of rotatable bonds is 5. The summed E-state index contributed by atoms with van der Waals surface area (Å²) in [5.74, 6) is 2.39. The maximum absolute atomic E-state index is 13.1. The van der Waals surface area contributed by atoms with Gasteiger partial charge < -0.3 is 14.5 Å². The van der Waals surface area contributed by atoms with E-state index in [4.69, 9.17) is 9.72 Å². The van der Waals surface area contributed by atoms with Crippen LogP contribution in [-0.2, 0) is 6.42 Å². The second kappa shape index (κ2) is 9.61. The zero-order valence-electron chi connectivity index (χ0n) is 20.2. The third-order valence-electron chi connectivity index (χ3n) is 6.38. The number of piperazine rings is 1. The SMILES string of the molecule is COc1ccccc1C(=O)N1CCN(c2nc(C)nc(C)c2Cc2cc(C)ccc2C)CC1. The quantitative estimate of drug-likeness (QED) is 0.588. The van der Waals surface area contributed by atoms with Gasteiger partial charge in [0.25, 0.3) is 5.91 Å². The zero-order chi connectivity index (χ0) is 23.5. The van der Waals surface area contributed by atoms with Crippen LogP contribution < -0.4 is 9.64 Å². The Hall–Kier alpha value is -3.41. The number of nitrogens with zero attached hydrogens (tertiary/aromatic N) is 4. The molecule has 6 nitrogen and oxygen atoms in total. The largest absolute Gasteiger partial charge is 0.496 e. The molecule has 0 spiro atoms. The maximum Gasteiger partial charge on any atom is 0.257 e. The van der Waals surface area contributed by atoms with Crippen molar-refractivity contribution in [3.8, 4) is 5.75 Å². The number of benzene rings is 2. The minimum Gasteiger partial charge on any atom is -0.496 e. The van der Waals surface area contributed by atoms with Crippen molar-refractivity contribution in [1.82, 2.24) is 14.9 Å². The molecule has 0 aliphatic carbocycles. The molecule has 1 amide bonds. The second-order valence-corrected chi connectivity index (χ2v) is 8.74. The normalized spacial score (nSPS) is 13.8. The summed E-state index contributed by atoms with van der Waals surface area (Å²) in [5.41, 5.74) is 6.63. The van der Waals surface area contributed by atoms with Gasteiger partial charge in [0.2, 0.25) is 0 Å². The van der Waals surface area contributed by atoms with Gasteiger partial charge in [0.1, 0.15) is 17.4 Å². The number of hydrogen-bond acceptors (Lipinski definition) is 5. The van der Waals surface area contributed by atoms with Crippen LogP contribution in [0.25, 0.3) is 0 Å². The average Bonchev–Trinajstić information content (AvgIpc) is 2.82. The van der Waals surface area contributed by atoms with Gasteiger partial charge in [-0.3, -0.25) is 4.79 Å². The van der Waals surface area contributed by atoms with Gasteiger partial charge in [-0.25, -0.2) is 9.97 Å². The molecule has 6 heteroatoms. The molecular weight excluding hydrogens is 412 g/mol. The van der Waals surface area contributed by atoms with Crippen molar-refractivity contribution in [2.45, 2.75) is 34.1 Å². The fraction of sp³-hybridized carbons (Fsp3) is 0.370. The fourth-order valence-electron chi connectivity index (χ4n) is 4.48. The van der Waals surface area contributed by atoms with Gasteiger partial charge in [-0.2, -0.15) is 0 Å². The van der Waals surface area contributed by atoms with Gasteiger partial charge in [0.15, 0.2) is 0 Å². The molecular formula is C27H32N4O2. The highest BCUT2D eigenvalue weighted by atomic mass is 16.5. The first kappa shape index (κ1) is 22.8. The van der Waals surface area contributed by atoms with Gasteiger partial charge in [0, 0.05) is 43.9 Å². The number of anilines is 1. The molecule has 0 bridgehead atoms. The minimum atomic E-state index is 0.0118. The van der Waals surface area contributed by atoms with Crippen LogP contribution in [0.2, 0.25) is 0 Å². The lowest BCUT2D eigenvalue weighted by Gasteiger charge is -2.36. The van der Waals surface area contributed by atoms with E-state index in [0.29, 0.717) is 24.4 Å². The fourth-order valence-corrected chi connectivity index (χ4v) is 4.48. The summed E-state index contributed by atoms with van der Waals surface area (Å²) in [6.45, 7) is 11.0. The Labute approximate surface area is 196 Å². The summed E-state index contributed by atoms with van der Waals surface area (Å²) in [7, 11) is 1.60. The third kappa shape index (κ3) is 4.85. The Morgan fingerprint density at radius 3 is 2.42 bits per heavy atom. The van der Waals surface area contributed by atoms with Crippen molar-refractivity contribution in [2.24, 2.45) is 0 Å². The molecule has 1 aromatic heterocycles. The molecule has 0 N–H and O–H groups in total. The van der Waals surface area contributed by atoms with Crippen LogP contribution in [0.3, 0.4) is 0 Å². The van der Waals surface area contributed by atoms with Crippen LogP contribution in [0, 0.1) is 27.7 Å². The Bertz CT molecular complexity index is 1170. The Morgan fingerprint density at radius 1 is 0.970 bits per heavy atom. The predicted octanol–water partition coefficient (Wildman–Crippen LogP) is 4.27. The van der Waals surface area contributed by atoms with E-state index in [9.17, 15) is 4.79 Å². The van der Waals surface area contributed by atoms with Crippen molar-refractivity contribution in [3.63, 3.8) is 0 Å². The van der Waals surface area contributed by atoms with Crippen molar-refractivity contribution in [2.75, 3.05) is 38.2 Å². The molecule has 33 heavy (non-hydrogen) atoms. The van der Waals surface area contributed by atoms with E-state index < -0.39 is 0 Å². The van der Waals surface area contributed by atoms with Crippen LogP contribution in [0.4, 0.5) is 5.82 Å². The predicted molar refractivity (Wildman–Crippen MR) is 131 cm³/mol. The van der Waals surface area contributed by atoms with Gasteiger partial charge >= 0.3 is 0 Å². The maximum atomic E-state index is 13.1. The van der Waals surface area contributed by atoms with E-state index >= 15 is 0 Å². The molecule has 2 aromatic carbocycles. The third-order valence-corrected chi connectivity index (χ3v) is 6.38. The van der Waals surface area contributed by atoms with E-state index in [1.54, 1.807) is 7.11 Å². The number of carbonyl (C=O) groups excluding carboxylic acids is 1. The minimum absolute atomic E-state index is 0.0118. The molecule has 0 saturated carbocycles. The summed E-state index contributed by atoms with van der Waals surface area (Å²) in [6.07, 6.45) is 0.801. The molecule has 4 rings (SSSR count). The molecule has 0 unspecified atom stereocenters. The lowest BCUT2D eigenvalue weighted by Crippen LogP contribution is -2.49. The summed E-state index contributed by atoms with van der Waals surface area (Å²) in [4.78, 5) is 26.8. The van der Waals surface area contributed by atoms with Crippen molar-refractivity contribution >= 4 is 11.7 Å². The lowest BCUT2D eigenvalue weighted by molar-refractivity contribution is 0.0743. The van der Waals surface area contributed by atoms with Crippen LogP contribution in [0.5, 0.6) is 5.75 Å². The first-order valence-electron chi connectivity index (χ1n) is 11.4. The van der Waals surface area contributed by atoms with Gasteiger partial charge in [-0.1, -0.05) is 35.9 Å². The molecule has 172 valence electrons. The van der Waals surface area contributed by atoms with Gasteiger partial charge in [-0.05, 0) is 51.0 Å². The number of aryl methyl sites for hydroxylation is 4. The smallest absolute Gasteiger partial charge is 0.257 e. The highest BCUT2D eigenvalue weighted by Gasteiger charge is 2.26. The van der Waals surface area contributed by atoms with Crippen molar-refractivity contribution in [1.29, 1.82) is 0 Å². The molecule has 0 atom stereocenters. The van der Waals surface area contributed by atoms with Gasteiger partial charge in [0.05, 0.1) is 12.7 Å². The number of ether oxygens (including phenoxy) is 1. The molecule has 1 saturated heterocycles. The number of carbonyl (C=O) groups is 1. The standard InChI is InChI=1S/C27H32N4O2/c1-18-10-11-19(2)22(16-18)17-24-20(3)28-21(4)29-26(24)30-12-14-31(15-13-30)27(32)23-8-6-7-9-25(23)33-5/h6-11,16H,12-15,17H2,1-5H3. The summed E-state index contributed by atoms with van der Waals surface area (Å²) in [5, 5.41) is 0. The molecule has 3 aromatic rings. The molecule has 1 fully saturated rings. The Kier molecular flexibility index (Phi) is 6.63. The summed E-state index contributed by atoms with van der Waals surface area (Å²) in [6, 6.07) is 14.0. The first-order chi connectivity index (χ1) is 15.9. The second-order valence-electron chi connectivity index (χ2n) is 8.74. The first-order valence-corrected chi connectivity index (χ1v) is 11.4. The molecule has 2 heterocycles. The summed E-state index contributed by atoms with van der Waals surface area (Å²) < 4.78 is 5.39. The summed E-state index contributed by atoms with van der Waals surface area (Å²) >= 11 is 0. The van der Waals surface area contributed by atoms with Crippen molar-refractivity contribution < 1.29 is 9.53 Å². The van der Waals surface area contributed by atoms with Crippen LogP contribution in [0.15, 0.2) is 42.5 Å². The average molecular weight is 445 g/mol. The van der Waals surface area contributed by atoms with Crippen LogP contribution in [-0.4, -0.2) is 54.1 Å². The number of para-hydroxylation sites is 1. The zero-order valence-corrected chi connectivity index (χ0v) is 20.2. The van der Waals surface area contributed by atoms with E-state index in [1.165, 1.54) is 22.3 Å². The molecule has 0 radical (unpaired) electrons. The van der Waals surface area contributed by atoms with Crippen LogP contribution >= 0.6 is 0 Å². The topological polar surface area (TPSA) is 58.6 Å². The van der Waals surface area contributed by atoms with E-state index in [1.807, 2.05) is 36.1 Å². The van der Waals surface area contributed by atoms with Gasteiger partial charge in [-0.15, -0.1) is 0 Å². The van der Waals surface area contributed by atoms with Crippen molar-refractivity contribution in [3.05, 3.63) is 81.8 Å². The highest BCUT2D eigenvalue weighted by molar-refractivity contribution is 5.97.